The highest BCUT2D eigenvalue weighted by molar-refractivity contribution is 7.45. The predicted molar refractivity (Wildman–Crippen MR) is 106 cm³/mol. The van der Waals surface area contributed by atoms with Crippen LogP contribution in [0.2, 0.25) is 0 Å². The van der Waals surface area contributed by atoms with E-state index in [4.69, 9.17) is 18.5 Å². The molecule has 0 fully saturated rings. The average Bonchev–Trinajstić information content (AvgIpc) is 2.61. The number of rotatable bonds is 20. The first-order chi connectivity index (χ1) is 12.9. The second kappa shape index (κ2) is 18.0. The molecule has 0 aliphatic heterocycles. The van der Waals surface area contributed by atoms with Gasteiger partial charge in [0.2, 0.25) is 0 Å². The van der Waals surface area contributed by atoms with E-state index in [2.05, 4.69) is 13.8 Å². The molecule has 0 aromatic carbocycles. The van der Waals surface area contributed by atoms with E-state index >= 15 is 0 Å². The zero-order chi connectivity index (χ0) is 20.4. The van der Waals surface area contributed by atoms with Crippen LogP contribution >= 0.6 is 7.82 Å². The molecule has 2 atom stereocenters. The molecule has 0 aromatic heterocycles. The maximum absolute atomic E-state index is 11.9. The largest absolute Gasteiger partial charge is 0.756 e. The number of nitrogens with one attached hydrogen (secondary N) is 1. The van der Waals surface area contributed by atoms with Crippen LogP contribution in [-0.4, -0.2) is 59.8 Å². The van der Waals surface area contributed by atoms with Crippen molar-refractivity contribution in [1.29, 1.82) is 0 Å². The summed E-state index contributed by atoms with van der Waals surface area (Å²) >= 11 is 0. The van der Waals surface area contributed by atoms with Crippen LogP contribution in [0, 0.1) is 0 Å². The van der Waals surface area contributed by atoms with E-state index in [1.165, 1.54) is 25.7 Å². The van der Waals surface area contributed by atoms with Crippen molar-refractivity contribution >= 4 is 7.82 Å². The minimum Gasteiger partial charge on any atom is -0.756 e. The van der Waals surface area contributed by atoms with Gasteiger partial charge in [0.25, 0.3) is 7.82 Å². The summed E-state index contributed by atoms with van der Waals surface area (Å²) in [5.74, 6) is 0. The van der Waals surface area contributed by atoms with Crippen molar-refractivity contribution in [3.63, 3.8) is 0 Å². The van der Waals surface area contributed by atoms with Gasteiger partial charge >= 0.3 is 0 Å². The number of likely N-dealkylation sites (N-methyl/N-ethyl adjacent to an activating group) is 1. The maximum Gasteiger partial charge on any atom is 0.268 e. The zero-order valence-electron chi connectivity index (χ0n) is 17.9. The van der Waals surface area contributed by atoms with Crippen molar-refractivity contribution in [2.75, 3.05) is 53.7 Å². The van der Waals surface area contributed by atoms with Crippen LogP contribution in [0.25, 0.3) is 0 Å². The molecule has 27 heavy (non-hydrogen) atoms. The molecule has 0 saturated carbocycles. The Morgan fingerprint density at radius 3 is 2.07 bits per heavy atom. The molecule has 0 heterocycles. The highest BCUT2D eigenvalue weighted by Gasteiger charge is 2.16. The van der Waals surface area contributed by atoms with E-state index in [1.807, 2.05) is 14.1 Å². The third-order valence-electron chi connectivity index (χ3n) is 4.07. The van der Waals surface area contributed by atoms with Gasteiger partial charge in [0.15, 0.2) is 0 Å². The van der Waals surface area contributed by atoms with Gasteiger partial charge in [-0.15, -0.1) is 0 Å². The molecule has 0 aromatic rings. The molecule has 7 nitrogen and oxygen atoms in total. The van der Waals surface area contributed by atoms with Crippen LogP contribution in [-0.2, 0) is 23.1 Å². The lowest BCUT2D eigenvalue weighted by Crippen LogP contribution is -3.06. The van der Waals surface area contributed by atoms with Gasteiger partial charge in [0.05, 0.1) is 27.3 Å². The Bertz CT molecular complexity index is 370. The lowest BCUT2D eigenvalue weighted by molar-refractivity contribution is -0.858. The van der Waals surface area contributed by atoms with Crippen molar-refractivity contribution in [2.24, 2.45) is 0 Å². The van der Waals surface area contributed by atoms with E-state index in [0.717, 1.165) is 30.6 Å². The molecular weight excluding hydrogens is 369 g/mol. The molecular formula is C19H42NO6P. The van der Waals surface area contributed by atoms with Gasteiger partial charge in [-0.3, -0.25) is 4.57 Å². The first-order valence-corrected chi connectivity index (χ1v) is 12.0. The minimum absolute atomic E-state index is 0.0711. The fourth-order valence-corrected chi connectivity index (χ4v) is 3.08. The Balaban J connectivity index is 4.18. The summed E-state index contributed by atoms with van der Waals surface area (Å²) < 4.78 is 33.2. The molecule has 0 saturated heterocycles. The van der Waals surface area contributed by atoms with Gasteiger partial charge in [0, 0.05) is 13.2 Å². The standard InChI is InChI=1S/C19H42NO6P/c1-5-7-9-11-14-23-17-19(24-15-12-10-8-6-2)18-26-27(21,22)25-16-13-20(3)4/h19H,5-18H2,1-4H3,(H,21,22). The van der Waals surface area contributed by atoms with Gasteiger partial charge in [-0.05, 0) is 12.8 Å². The van der Waals surface area contributed by atoms with Crippen molar-refractivity contribution in [2.45, 2.75) is 71.3 Å². The lowest BCUT2D eigenvalue weighted by atomic mass is 10.2. The third kappa shape index (κ3) is 19.1. The van der Waals surface area contributed by atoms with Crippen LogP contribution < -0.4 is 9.79 Å². The molecule has 0 radical (unpaired) electrons. The van der Waals surface area contributed by atoms with Crippen molar-refractivity contribution in [3.8, 4) is 0 Å². The second-order valence-electron chi connectivity index (χ2n) is 7.22. The summed E-state index contributed by atoms with van der Waals surface area (Å²) in [6.07, 6.45) is 8.55. The summed E-state index contributed by atoms with van der Waals surface area (Å²) in [5.41, 5.74) is 0. The van der Waals surface area contributed by atoms with Gasteiger partial charge < -0.3 is 28.3 Å². The molecule has 0 spiro atoms. The fourth-order valence-electron chi connectivity index (χ4n) is 2.34. The van der Waals surface area contributed by atoms with Gasteiger partial charge in [-0.1, -0.05) is 52.4 Å². The molecule has 0 aliphatic carbocycles. The van der Waals surface area contributed by atoms with E-state index < -0.39 is 13.9 Å². The van der Waals surface area contributed by atoms with Gasteiger partial charge in [-0.2, -0.15) is 0 Å². The van der Waals surface area contributed by atoms with Crippen molar-refractivity contribution in [3.05, 3.63) is 0 Å². The number of quaternary nitrogens is 1. The maximum atomic E-state index is 11.9. The molecule has 8 heteroatoms. The number of phosphoric ester groups is 1. The topological polar surface area (TPSA) is 81.5 Å². The molecule has 164 valence electrons. The summed E-state index contributed by atoms with van der Waals surface area (Å²) in [7, 11) is -0.444. The van der Waals surface area contributed by atoms with E-state index in [9.17, 15) is 9.46 Å². The number of hydrogen-bond donors (Lipinski definition) is 1. The van der Waals surface area contributed by atoms with Crippen molar-refractivity contribution < 1.29 is 32.9 Å². The van der Waals surface area contributed by atoms with Gasteiger partial charge in [0.1, 0.15) is 19.3 Å². The molecule has 0 bridgehead atoms. The highest BCUT2D eigenvalue weighted by atomic mass is 31.2. The molecule has 2 unspecified atom stereocenters. The minimum atomic E-state index is -4.31. The van der Waals surface area contributed by atoms with Crippen LogP contribution in [0.3, 0.4) is 0 Å². The number of ether oxygens (including phenoxy) is 2. The van der Waals surface area contributed by atoms with Crippen molar-refractivity contribution in [1.82, 2.24) is 0 Å². The summed E-state index contributed by atoms with van der Waals surface area (Å²) in [4.78, 5) is 13.0. The molecule has 0 rings (SSSR count). The Hall–Kier alpha value is -0.0100. The Morgan fingerprint density at radius 1 is 0.852 bits per heavy atom. The highest BCUT2D eigenvalue weighted by Crippen LogP contribution is 2.38. The summed E-state index contributed by atoms with van der Waals surface area (Å²) in [5, 5.41) is 0. The van der Waals surface area contributed by atoms with Crippen LogP contribution in [0.5, 0.6) is 0 Å². The first kappa shape index (κ1) is 27.0. The predicted octanol–water partition coefficient (Wildman–Crippen LogP) is 2.19. The number of unbranched alkanes of at least 4 members (excludes halogenated alkanes) is 6. The lowest BCUT2D eigenvalue weighted by Gasteiger charge is -2.26. The normalized spacial score (nSPS) is 15.2. The molecule has 1 N–H and O–H groups in total. The summed E-state index contributed by atoms with van der Waals surface area (Å²) in [6.45, 7) is 6.54. The zero-order valence-corrected chi connectivity index (χ0v) is 18.8. The first-order valence-electron chi connectivity index (χ1n) is 10.5. The quantitative estimate of drug-likeness (QED) is 0.244. The van der Waals surface area contributed by atoms with Crippen LogP contribution in [0.4, 0.5) is 0 Å². The molecule has 0 amide bonds. The van der Waals surface area contributed by atoms with Crippen LogP contribution in [0.1, 0.15) is 65.2 Å². The monoisotopic (exact) mass is 411 g/mol. The Morgan fingerprint density at radius 2 is 1.48 bits per heavy atom. The van der Waals surface area contributed by atoms with E-state index in [1.54, 1.807) is 0 Å². The van der Waals surface area contributed by atoms with Crippen LogP contribution in [0.15, 0.2) is 0 Å². The van der Waals surface area contributed by atoms with E-state index in [0.29, 0.717) is 26.4 Å². The molecule has 0 aliphatic rings. The third-order valence-corrected chi connectivity index (χ3v) is 5.03. The fraction of sp³-hybridized carbons (Fsp3) is 1.00. The summed E-state index contributed by atoms with van der Waals surface area (Å²) in [6, 6.07) is 0. The van der Waals surface area contributed by atoms with Gasteiger partial charge in [-0.25, -0.2) is 0 Å². The van der Waals surface area contributed by atoms with E-state index in [-0.39, 0.29) is 13.2 Å². The Kier molecular flexibility index (Phi) is 18.0. The average molecular weight is 412 g/mol. The SMILES string of the molecule is CCCCCCOCC(COP(=O)([O-])OCC[NH+](C)C)OCCCCCC. The second-order valence-corrected chi connectivity index (χ2v) is 8.63. The smallest absolute Gasteiger partial charge is 0.268 e. The Labute approximate surface area is 166 Å². The number of phosphoric acid groups is 1. The number of hydrogen-bond acceptors (Lipinski definition) is 6.